The summed E-state index contributed by atoms with van der Waals surface area (Å²) in [5.74, 6) is -0.753. The summed E-state index contributed by atoms with van der Waals surface area (Å²) in [6.07, 6.45) is 7.85. The van der Waals surface area contributed by atoms with E-state index in [1.807, 2.05) is 0 Å². The first-order valence-electron chi connectivity index (χ1n) is 8.93. The third-order valence-corrected chi connectivity index (χ3v) is 3.76. The zero-order valence-electron chi connectivity index (χ0n) is 16.5. The van der Waals surface area contributed by atoms with Crippen LogP contribution in [0.15, 0.2) is 53.6 Å². The number of nitrogens with one attached hydrogen (secondary N) is 1. The fourth-order valence-corrected chi connectivity index (χ4v) is 2.61. The second kappa shape index (κ2) is 9.12. The van der Waals surface area contributed by atoms with E-state index in [4.69, 9.17) is 4.74 Å². The van der Waals surface area contributed by atoms with Gasteiger partial charge in [-0.1, -0.05) is 30.4 Å². The molecule has 1 aromatic rings. The molecular formula is C21H25N3O4. The molecule has 0 spiro atoms. The van der Waals surface area contributed by atoms with E-state index < -0.39 is 17.7 Å². The second-order valence-electron chi connectivity index (χ2n) is 7.20. The molecular weight excluding hydrogens is 358 g/mol. The molecule has 0 aromatic heterocycles. The zero-order chi connectivity index (χ0) is 20.7. The van der Waals surface area contributed by atoms with Gasteiger partial charge >= 0.3 is 6.09 Å². The lowest BCUT2D eigenvalue weighted by Crippen LogP contribution is -2.46. The maximum absolute atomic E-state index is 12.6. The number of hydrogen-bond donors (Lipinski definition) is 1. The Balaban J connectivity index is 2.16. The van der Waals surface area contributed by atoms with Gasteiger partial charge in [0.25, 0.3) is 11.8 Å². The summed E-state index contributed by atoms with van der Waals surface area (Å²) in [4.78, 5) is 42.3. The number of nitrogens with zero attached hydrogens (tertiary/aromatic N) is 2. The van der Waals surface area contributed by atoms with Gasteiger partial charge in [-0.2, -0.15) is 0 Å². The zero-order valence-corrected chi connectivity index (χ0v) is 16.5. The summed E-state index contributed by atoms with van der Waals surface area (Å²) < 4.78 is 5.28. The number of aliphatic imine (C=N–C) groups is 1. The van der Waals surface area contributed by atoms with Crippen molar-refractivity contribution in [3.8, 4) is 0 Å². The molecule has 148 valence electrons. The lowest BCUT2D eigenvalue weighted by molar-refractivity contribution is 0.0483. The van der Waals surface area contributed by atoms with Crippen LogP contribution in [0.25, 0.3) is 0 Å². The van der Waals surface area contributed by atoms with Crippen LogP contribution in [0.5, 0.6) is 0 Å². The van der Waals surface area contributed by atoms with Crippen molar-refractivity contribution in [3.63, 3.8) is 0 Å². The first kappa shape index (κ1) is 21.1. The molecule has 7 heteroatoms. The van der Waals surface area contributed by atoms with Crippen molar-refractivity contribution in [1.82, 2.24) is 10.2 Å². The third-order valence-electron chi connectivity index (χ3n) is 3.76. The normalized spacial score (nSPS) is 15.6. The summed E-state index contributed by atoms with van der Waals surface area (Å²) in [5.41, 5.74) is 0.0730. The number of allylic oxidation sites excluding steroid dienone is 3. The van der Waals surface area contributed by atoms with Gasteiger partial charge in [0.05, 0.1) is 23.7 Å². The summed E-state index contributed by atoms with van der Waals surface area (Å²) in [6.45, 7) is 5.27. The van der Waals surface area contributed by atoms with E-state index in [9.17, 15) is 14.4 Å². The van der Waals surface area contributed by atoms with Crippen LogP contribution >= 0.6 is 0 Å². The SMILES string of the molecule is CN=C/C=C\C=C\[C@@H](CN1C(=O)c2ccccc2C1=O)NC(=O)OC(C)(C)C. The molecule has 3 amide bonds. The fourth-order valence-electron chi connectivity index (χ4n) is 2.61. The van der Waals surface area contributed by atoms with Crippen molar-refractivity contribution in [2.75, 3.05) is 13.6 Å². The highest BCUT2D eigenvalue weighted by atomic mass is 16.6. The molecule has 0 fully saturated rings. The second-order valence-corrected chi connectivity index (χ2v) is 7.20. The van der Waals surface area contributed by atoms with Crippen molar-refractivity contribution in [3.05, 3.63) is 59.7 Å². The van der Waals surface area contributed by atoms with Crippen molar-refractivity contribution < 1.29 is 19.1 Å². The van der Waals surface area contributed by atoms with E-state index in [0.29, 0.717) is 11.1 Å². The molecule has 0 unspecified atom stereocenters. The van der Waals surface area contributed by atoms with Crippen LogP contribution in [0, 0.1) is 0 Å². The molecule has 0 saturated heterocycles. The van der Waals surface area contributed by atoms with E-state index >= 15 is 0 Å². The number of hydrogen-bond acceptors (Lipinski definition) is 5. The minimum atomic E-state index is -0.661. The first-order valence-corrected chi connectivity index (χ1v) is 8.93. The number of amides is 3. The standard InChI is InChI=1S/C21H25N3O4/c1-21(2,3)28-20(27)23-15(10-6-5-9-13-22-4)14-24-18(25)16-11-7-8-12-17(16)19(24)26/h5-13,15H,14H2,1-4H3,(H,23,27)/b9-5-,10-6+,22-13?/t15-/m0/s1. The van der Waals surface area contributed by atoms with E-state index in [1.54, 1.807) is 82.6 Å². The maximum Gasteiger partial charge on any atom is 0.408 e. The molecule has 1 atom stereocenters. The predicted octanol–water partition coefficient (Wildman–Crippen LogP) is 2.99. The van der Waals surface area contributed by atoms with E-state index in [2.05, 4.69) is 10.3 Å². The van der Waals surface area contributed by atoms with Gasteiger partial charge in [-0.15, -0.1) is 0 Å². The van der Waals surface area contributed by atoms with Crippen molar-refractivity contribution in [2.45, 2.75) is 32.4 Å². The van der Waals surface area contributed by atoms with Crippen molar-refractivity contribution >= 4 is 24.1 Å². The average molecular weight is 383 g/mol. The van der Waals surface area contributed by atoms with Gasteiger partial charge in [0.15, 0.2) is 0 Å². The summed E-state index contributed by atoms with van der Waals surface area (Å²) in [7, 11) is 1.66. The maximum atomic E-state index is 12.6. The third kappa shape index (κ3) is 5.64. The largest absolute Gasteiger partial charge is 0.444 e. The van der Waals surface area contributed by atoms with Gasteiger partial charge in [0.2, 0.25) is 0 Å². The highest BCUT2D eigenvalue weighted by Crippen LogP contribution is 2.22. The van der Waals surface area contributed by atoms with E-state index in [-0.39, 0.29) is 18.4 Å². The Morgan fingerprint density at radius 1 is 1.14 bits per heavy atom. The molecule has 1 aromatic carbocycles. The number of alkyl carbamates (subject to hydrolysis) is 1. The molecule has 2 rings (SSSR count). The topological polar surface area (TPSA) is 88.1 Å². The van der Waals surface area contributed by atoms with Gasteiger partial charge in [-0.3, -0.25) is 19.5 Å². The number of fused-ring (bicyclic) bond motifs is 1. The molecule has 7 nitrogen and oxygen atoms in total. The van der Waals surface area contributed by atoms with Crippen LogP contribution < -0.4 is 5.32 Å². The van der Waals surface area contributed by atoms with E-state index in [1.165, 1.54) is 0 Å². The summed E-state index contributed by atoms with van der Waals surface area (Å²) in [5, 5.41) is 2.70. The Morgan fingerprint density at radius 3 is 2.29 bits per heavy atom. The quantitative estimate of drug-likeness (QED) is 0.465. The Labute approximate surface area is 164 Å². The number of imide groups is 1. The number of carbonyl (C=O) groups is 3. The fraction of sp³-hybridized carbons (Fsp3) is 0.333. The molecule has 0 aliphatic carbocycles. The Bertz CT molecular complexity index is 799. The molecule has 1 heterocycles. The van der Waals surface area contributed by atoms with Crippen LogP contribution in [0.2, 0.25) is 0 Å². The molecule has 1 aliphatic rings. The minimum absolute atomic E-state index is 0.00219. The Kier molecular flexibility index (Phi) is 6.87. The Morgan fingerprint density at radius 2 is 1.75 bits per heavy atom. The number of rotatable bonds is 6. The summed E-state index contributed by atoms with van der Waals surface area (Å²) in [6, 6.07) is 6.05. The minimum Gasteiger partial charge on any atom is -0.444 e. The van der Waals surface area contributed by atoms with Gasteiger partial charge in [-0.25, -0.2) is 4.79 Å². The number of ether oxygens (including phenoxy) is 1. The number of carbonyl (C=O) groups excluding carboxylic acids is 3. The lowest BCUT2D eigenvalue weighted by Gasteiger charge is -2.24. The van der Waals surface area contributed by atoms with Crippen molar-refractivity contribution in [1.29, 1.82) is 0 Å². The van der Waals surface area contributed by atoms with Crippen LogP contribution in [-0.2, 0) is 4.74 Å². The van der Waals surface area contributed by atoms with Crippen LogP contribution in [0.4, 0.5) is 4.79 Å². The van der Waals surface area contributed by atoms with Gasteiger partial charge < -0.3 is 10.1 Å². The van der Waals surface area contributed by atoms with Gasteiger partial charge in [0.1, 0.15) is 5.60 Å². The van der Waals surface area contributed by atoms with E-state index in [0.717, 1.165) is 4.90 Å². The Hall–Kier alpha value is -3.22. The lowest BCUT2D eigenvalue weighted by atomic mass is 10.1. The highest BCUT2D eigenvalue weighted by Gasteiger charge is 2.36. The monoisotopic (exact) mass is 383 g/mol. The molecule has 0 saturated carbocycles. The van der Waals surface area contributed by atoms with Crippen molar-refractivity contribution in [2.24, 2.45) is 4.99 Å². The van der Waals surface area contributed by atoms with Crippen LogP contribution in [-0.4, -0.2) is 54.3 Å². The first-order chi connectivity index (χ1) is 13.2. The van der Waals surface area contributed by atoms with Crippen LogP contribution in [0.3, 0.4) is 0 Å². The van der Waals surface area contributed by atoms with Gasteiger partial charge in [-0.05, 0) is 39.0 Å². The molecule has 1 aliphatic heterocycles. The highest BCUT2D eigenvalue weighted by molar-refractivity contribution is 6.21. The smallest absolute Gasteiger partial charge is 0.408 e. The summed E-state index contributed by atoms with van der Waals surface area (Å²) >= 11 is 0. The van der Waals surface area contributed by atoms with Crippen LogP contribution in [0.1, 0.15) is 41.5 Å². The molecule has 28 heavy (non-hydrogen) atoms. The molecule has 1 N–H and O–H groups in total. The molecule has 0 bridgehead atoms. The van der Waals surface area contributed by atoms with Gasteiger partial charge in [0, 0.05) is 13.3 Å². The molecule has 0 radical (unpaired) electrons. The predicted molar refractivity (Wildman–Crippen MR) is 108 cm³/mol. The average Bonchev–Trinajstić information content (AvgIpc) is 2.85. The number of benzene rings is 1.